The summed E-state index contributed by atoms with van der Waals surface area (Å²) in [6.45, 7) is 4.56. The third kappa shape index (κ3) is 2.44. The zero-order valence-electron chi connectivity index (χ0n) is 9.50. The molecule has 16 heavy (non-hydrogen) atoms. The summed E-state index contributed by atoms with van der Waals surface area (Å²) in [5.74, 6) is 2.02. The number of nitrogens with zero attached hydrogens (tertiary/aromatic N) is 2. The molecule has 0 spiro atoms. The molecule has 1 heterocycles. The van der Waals surface area contributed by atoms with Gasteiger partial charge in [0.05, 0.1) is 6.10 Å². The van der Waals surface area contributed by atoms with E-state index in [9.17, 15) is 5.11 Å². The summed E-state index contributed by atoms with van der Waals surface area (Å²) in [4.78, 5) is 8.40. The van der Waals surface area contributed by atoms with Crippen molar-refractivity contribution in [1.82, 2.24) is 9.97 Å². The van der Waals surface area contributed by atoms with Crippen LogP contribution in [0.4, 0.5) is 5.82 Å². The van der Waals surface area contributed by atoms with Crippen molar-refractivity contribution in [1.29, 1.82) is 0 Å². The third-order valence-corrected chi connectivity index (χ3v) is 3.34. The Kier molecular flexibility index (Phi) is 3.30. The first kappa shape index (κ1) is 11.6. The molecule has 1 aliphatic rings. The largest absolute Gasteiger partial charge is 0.393 e. The van der Waals surface area contributed by atoms with Crippen molar-refractivity contribution in [2.75, 3.05) is 11.9 Å². The topological polar surface area (TPSA) is 58.0 Å². The first-order valence-corrected chi connectivity index (χ1v) is 5.86. The lowest BCUT2D eigenvalue weighted by Crippen LogP contribution is -2.33. The van der Waals surface area contributed by atoms with Crippen LogP contribution in [0.25, 0.3) is 0 Å². The smallest absolute Gasteiger partial charge is 0.137 e. The second kappa shape index (κ2) is 4.55. The van der Waals surface area contributed by atoms with Crippen molar-refractivity contribution >= 4 is 17.4 Å². The van der Waals surface area contributed by atoms with Crippen molar-refractivity contribution in [2.24, 2.45) is 5.92 Å². The molecule has 5 heteroatoms. The Bertz CT molecular complexity index is 391. The number of aryl methyl sites for hydroxylation is 1. The van der Waals surface area contributed by atoms with E-state index < -0.39 is 0 Å². The van der Waals surface area contributed by atoms with Gasteiger partial charge in [0.15, 0.2) is 0 Å². The monoisotopic (exact) mass is 241 g/mol. The molecular weight excluding hydrogens is 226 g/mol. The van der Waals surface area contributed by atoms with Crippen molar-refractivity contribution in [3.05, 3.63) is 16.5 Å². The second-order valence-corrected chi connectivity index (χ2v) is 4.77. The van der Waals surface area contributed by atoms with Gasteiger partial charge in [0.1, 0.15) is 16.8 Å². The normalized spacial score (nSPS) is 24.0. The zero-order chi connectivity index (χ0) is 11.7. The van der Waals surface area contributed by atoms with Crippen LogP contribution in [0.3, 0.4) is 0 Å². The number of aromatic nitrogens is 2. The lowest BCUT2D eigenvalue weighted by Gasteiger charge is -2.31. The third-order valence-electron chi connectivity index (χ3n) is 2.97. The Morgan fingerprint density at radius 2 is 2.06 bits per heavy atom. The molecule has 2 rings (SSSR count). The lowest BCUT2D eigenvalue weighted by molar-refractivity contribution is 0.0486. The molecule has 1 saturated carbocycles. The van der Waals surface area contributed by atoms with Crippen LogP contribution in [0.2, 0.25) is 5.15 Å². The molecule has 0 unspecified atom stereocenters. The van der Waals surface area contributed by atoms with E-state index in [1.165, 1.54) is 0 Å². The number of rotatable bonds is 3. The van der Waals surface area contributed by atoms with E-state index >= 15 is 0 Å². The van der Waals surface area contributed by atoms with Crippen LogP contribution in [0, 0.1) is 19.8 Å². The predicted molar refractivity (Wildman–Crippen MR) is 63.7 cm³/mol. The molecule has 1 aromatic rings. The zero-order valence-corrected chi connectivity index (χ0v) is 10.3. The van der Waals surface area contributed by atoms with Gasteiger partial charge in [-0.1, -0.05) is 11.6 Å². The molecule has 0 bridgehead atoms. The standard InChI is InChI=1S/C11H16ClN3O/c1-6-10(12)14-7(2)15-11(6)13-5-8-3-9(16)4-8/h8-9,16H,3-5H2,1-2H3,(H,13,14,15). The molecule has 0 saturated heterocycles. The van der Waals surface area contributed by atoms with Crippen LogP contribution in [0.15, 0.2) is 0 Å². The van der Waals surface area contributed by atoms with E-state index in [2.05, 4.69) is 15.3 Å². The number of aliphatic hydroxyl groups is 1. The Morgan fingerprint density at radius 3 is 2.69 bits per heavy atom. The summed E-state index contributed by atoms with van der Waals surface area (Å²) in [5, 5.41) is 13.0. The molecule has 0 aliphatic heterocycles. The van der Waals surface area contributed by atoms with Gasteiger partial charge in [0, 0.05) is 12.1 Å². The van der Waals surface area contributed by atoms with E-state index in [1.807, 2.05) is 13.8 Å². The van der Waals surface area contributed by atoms with Gasteiger partial charge in [-0.2, -0.15) is 0 Å². The fourth-order valence-corrected chi connectivity index (χ4v) is 2.09. The molecule has 0 radical (unpaired) electrons. The van der Waals surface area contributed by atoms with Gasteiger partial charge in [0.2, 0.25) is 0 Å². The van der Waals surface area contributed by atoms with Crippen molar-refractivity contribution < 1.29 is 5.11 Å². The summed E-state index contributed by atoms with van der Waals surface area (Å²) in [6.07, 6.45) is 1.65. The average Bonchev–Trinajstić information content (AvgIpc) is 2.17. The highest BCUT2D eigenvalue weighted by molar-refractivity contribution is 6.30. The summed E-state index contributed by atoms with van der Waals surface area (Å²) >= 11 is 5.97. The van der Waals surface area contributed by atoms with Crippen LogP contribution >= 0.6 is 11.6 Å². The fraction of sp³-hybridized carbons (Fsp3) is 0.636. The van der Waals surface area contributed by atoms with Gasteiger partial charge in [-0.05, 0) is 32.6 Å². The fourth-order valence-electron chi connectivity index (χ4n) is 1.87. The van der Waals surface area contributed by atoms with Gasteiger partial charge >= 0.3 is 0 Å². The first-order valence-electron chi connectivity index (χ1n) is 5.49. The number of hydrogen-bond acceptors (Lipinski definition) is 4. The van der Waals surface area contributed by atoms with Crippen LogP contribution in [0.1, 0.15) is 24.2 Å². The number of anilines is 1. The van der Waals surface area contributed by atoms with E-state index in [4.69, 9.17) is 11.6 Å². The van der Waals surface area contributed by atoms with E-state index in [0.717, 1.165) is 30.8 Å². The number of hydrogen-bond donors (Lipinski definition) is 2. The highest BCUT2D eigenvalue weighted by Gasteiger charge is 2.26. The quantitative estimate of drug-likeness (QED) is 0.794. The average molecular weight is 242 g/mol. The molecule has 0 amide bonds. The van der Waals surface area contributed by atoms with Crippen LogP contribution < -0.4 is 5.32 Å². The summed E-state index contributed by atoms with van der Waals surface area (Å²) < 4.78 is 0. The van der Waals surface area contributed by atoms with Crippen molar-refractivity contribution in [3.8, 4) is 0 Å². The van der Waals surface area contributed by atoms with Gasteiger partial charge < -0.3 is 10.4 Å². The first-order chi connectivity index (χ1) is 7.56. The summed E-state index contributed by atoms with van der Waals surface area (Å²) in [6, 6.07) is 0. The van der Waals surface area contributed by atoms with Gasteiger partial charge in [-0.15, -0.1) is 0 Å². The highest BCUT2D eigenvalue weighted by Crippen LogP contribution is 2.28. The summed E-state index contributed by atoms with van der Waals surface area (Å²) in [7, 11) is 0. The van der Waals surface area contributed by atoms with E-state index in [0.29, 0.717) is 16.9 Å². The molecular formula is C11H16ClN3O. The van der Waals surface area contributed by atoms with Crippen molar-refractivity contribution in [3.63, 3.8) is 0 Å². The van der Waals surface area contributed by atoms with Gasteiger partial charge in [0.25, 0.3) is 0 Å². The molecule has 4 nitrogen and oxygen atoms in total. The molecule has 1 aliphatic carbocycles. The maximum Gasteiger partial charge on any atom is 0.137 e. The number of nitrogens with one attached hydrogen (secondary N) is 1. The molecule has 88 valence electrons. The Labute approximate surface area is 100 Å². The number of halogens is 1. The molecule has 1 fully saturated rings. The predicted octanol–water partition coefficient (Wildman–Crippen LogP) is 1.93. The van der Waals surface area contributed by atoms with Gasteiger partial charge in [-0.3, -0.25) is 0 Å². The number of aliphatic hydroxyl groups excluding tert-OH is 1. The Hall–Kier alpha value is -0.870. The van der Waals surface area contributed by atoms with Crippen LogP contribution in [-0.2, 0) is 0 Å². The minimum Gasteiger partial charge on any atom is -0.393 e. The highest BCUT2D eigenvalue weighted by atomic mass is 35.5. The molecule has 0 atom stereocenters. The maximum atomic E-state index is 9.18. The van der Waals surface area contributed by atoms with Gasteiger partial charge in [-0.25, -0.2) is 9.97 Å². The van der Waals surface area contributed by atoms with Crippen molar-refractivity contribution in [2.45, 2.75) is 32.8 Å². The van der Waals surface area contributed by atoms with E-state index in [1.54, 1.807) is 0 Å². The van der Waals surface area contributed by atoms with E-state index in [-0.39, 0.29) is 6.10 Å². The maximum absolute atomic E-state index is 9.18. The molecule has 0 aromatic carbocycles. The van der Waals surface area contributed by atoms with Crippen LogP contribution in [0.5, 0.6) is 0 Å². The second-order valence-electron chi connectivity index (χ2n) is 4.41. The SMILES string of the molecule is Cc1nc(Cl)c(C)c(NCC2CC(O)C2)n1. The van der Waals surface area contributed by atoms with Crippen LogP contribution in [-0.4, -0.2) is 27.7 Å². The lowest BCUT2D eigenvalue weighted by atomic mass is 9.82. The molecule has 2 N–H and O–H groups in total. The molecule has 1 aromatic heterocycles. The summed E-state index contributed by atoms with van der Waals surface area (Å²) in [5.41, 5.74) is 0.882. The Morgan fingerprint density at radius 1 is 1.38 bits per heavy atom. The minimum absolute atomic E-state index is 0.108. The minimum atomic E-state index is -0.108. The Balaban J connectivity index is 1.98.